The van der Waals surface area contributed by atoms with E-state index in [1.807, 2.05) is 0 Å². The van der Waals surface area contributed by atoms with Crippen molar-refractivity contribution < 1.29 is 14.6 Å². The van der Waals surface area contributed by atoms with Gasteiger partial charge < -0.3 is 14.7 Å². The van der Waals surface area contributed by atoms with Crippen molar-refractivity contribution in [2.45, 2.75) is 70.4 Å². The van der Waals surface area contributed by atoms with Gasteiger partial charge in [0.25, 0.3) is 0 Å². The summed E-state index contributed by atoms with van der Waals surface area (Å²) in [6.07, 6.45) is 4.25. The van der Waals surface area contributed by atoms with Crippen LogP contribution in [0.1, 0.15) is 63.9 Å². The average molecular weight is 580 g/mol. The van der Waals surface area contributed by atoms with Crippen LogP contribution in [0.5, 0.6) is 0 Å². The lowest BCUT2D eigenvalue weighted by Crippen LogP contribution is -2.56. The van der Waals surface area contributed by atoms with E-state index in [1.165, 1.54) is 5.56 Å². The van der Waals surface area contributed by atoms with Crippen LogP contribution < -0.4 is 4.90 Å². The molecule has 0 spiro atoms. The molecule has 5 heterocycles. The second kappa shape index (κ2) is 13.3. The van der Waals surface area contributed by atoms with Crippen molar-refractivity contribution in [1.29, 1.82) is 0 Å². The Morgan fingerprint density at radius 3 is 2.05 bits per heavy atom. The van der Waals surface area contributed by atoms with E-state index in [-0.39, 0.29) is 17.3 Å². The number of nitrogens with zero attached hydrogens (tertiary/aromatic N) is 7. The largest absolute Gasteiger partial charge is 0.481 e. The Hall–Kier alpha value is -2.66. The van der Waals surface area contributed by atoms with E-state index in [0.717, 1.165) is 102 Å². The fourth-order valence-electron chi connectivity index (χ4n) is 6.09. The molecule has 0 radical (unpaired) electrons. The molecule has 0 saturated carbocycles. The molecule has 3 aliphatic rings. The van der Waals surface area contributed by atoms with E-state index in [4.69, 9.17) is 14.8 Å². The molecule has 0 unspecified atom stereocenters. The first-order chi connectivity index (χ1) is 20.1. The van der Waals surface area contributed by atoms with Crippen molar-refractivity contribution >= 4 is 11.8 Å². The number of ether oxygens (including phenoxy) is 1. The van der Waals surface area contributed by atoms with Crippen molar-refractivity contribution in [2.75, 3.05) is 77.0 Å². The second-order valence-electron chi connectivity index (χ2n) is 13.6. The Labute approximate surface area is 251 Å². The van der Waals surface area contributed by atoms with Gasteiger partial charge in [0.1, 0.15) is 0 Å². The predicted octanol–water partition coefficient (Wildman–Crippen LogP) is 3.02. The Kier molecular flexibility index (Phi) is 9.77. The SMILES string of the molecule is CC(C)(CCC(C)(C)c1ccc(N2CCN(CCC(=O)O)CC2)nn1)c1ccc(CN2CCN(C3COC3)CC2)cn1. The zero-order valence-electron chi connectivity index (χ0n) is 26.0. The fraction of sp³-hybridized carbons (Fsp3) is 0.688. The summed E-state index contributed by atoms with van der Waals surface area (Å²) in [6.45, 7) is 20.3. The van der Waals surface area contributed by atoms with Gasteiger partial charge in [-0.05, 0) is 36.6 Å². The quantitative estimate of drug-likeness (QED) is 0.404. The van der Waals surface area contributed by atoms with Gasteiger partial charge in [-0.25, -0.2) is 0 Å². The van der Waals surface area contributed by atoms with Crippen LogP contribution in [-0.2, 0) is 26.9 Å². The monoisotopic (exact) mass is 579 g/mol. The van der Waals surface area contributed by atoms with Gasteiger partial charge in [0.05, 0.1) is 31.4 Å². The van der Waals surface area contributed by atoms with Gasteiger partial charge in [-0.2, -0.15) is 5.10 Å². The molecule has 2 aromatic heterocycles. The first-order valence-electron chi connectivity index (χ1n) is 15.6. The molecule has 0 bridgehead atoms. The van der Waals surface area contributed by atoms with Crippen LogP contribution >= 0.6 is 0 Å². The van der Waals surface area contributed by atoms with Gasteiger partial charge in [0.2, 0.25) is 0 Å². The molecule has 3 saturated heterocycles. The Bertz CT molecular complexity index is 1150. The fourth-order valence-corrected chi connectivity index (χ4v) is 6.09. The van der Waals surface area contributed by atoms with Crippen LogP contribution in [0.3, 0.4) is 0 Å². The molecular weight excluding hydrogens is 530 g/mol. The van der Waals surface area contributed by atoms with Gasteiger partial charge in [0, 0.05) is 88.2 Å². The summed E-state index contributed by atoms with van der Waals surface area (Å²) in [5, 5.41) is 18.2. The van der Waals surface area contributed by atoms with Crippen molar-refractivity contribution in [1.82, 2.24) is 29.9 Å². The molecule has 10 nitrogen and oxygen atoms in total. The number of hydrogen-bond donors (Lipinski definition) is 1. The van der Waals surface area contributed by atoms with Crippen LogP contribution in [0.4, 0.5) is 5.82 Å². The molecule has 3 fully saturated rings. The van der Waals surface area contributed by atoms with Crippen molar-refractivity contribution in [3.05, 3.63) is 47.4 Å². The summed E-state index contributed by atoms with van der Waals surface area (Å²) in [7, 11) is 0. The van der Waals surface area contributed by atoms with E-state index < -0.39 is 5.97 Å². The molecular formula is C32H49N7O3. The Morgan fingerprint density at radius 1 is 0.857 bits per heavy atom. The predicted molar refractivity (Wildman–Crippen MR) is 164 cm³/mol. The lowest BCUT2D eigenvalue weighted by Gasteiger charge is -2.42. The average Bonchev–Trinajstić information content (AvgIpc) is 2.96. The topological polar surface area (TPSA) is 98.2 Å². The third-order valence-electron chi connectivity index (χ3n) is 9.53. The first-order valence-corrected chi connectivity index (χ1v) is 15.6. The molecule has 0 aliphatic carbocycles. The summed E-state index contributed by atoms with van der Waals surface area (Å²) >= 11 is 0. The molecule has 42 heavy (non-hydrogen) atoms. The third kappa shape index (κ3) is 7.83. The van der Waals surface area contributed by atoms with Crippen LogP contribution in [0.15, 0.2) is 30.5 Å². The minimum Gasteiger partial charge on any atom is -0.481 e. The molecule has 3 aliphatic heterocycles. The van der Waals surface area contributed by atoms with Crippen molar-refractivity contribution in [3.8, 4) is 0 Å². The van der Waals surface area contributed by atoms with Crippen molar-refractivity contribution in [2.24, 2.45) is 0 Å². The minimum atomic E-state index is -0.741. The maximum Gasteiger partial charge on any atom is 0.304 e. The van der Waals surface area contributed by atoms with Crippen LogP contribution in [0, 0.1) is 0 Å². The Balaban J connectivity index is 1.09. The highest BCUT2D eigenvalue weighted by molar-refractivity contribution is 5.66. The number of rotatable bonds is 12. The van der Waals surface area contributed by atoms with Crippen LogP contribution in [0.2, 0.25) is 0 Å². The van der Waals surface area contributed by atoms with Crippen LogP contribution in [-0.4, -0.2) is 119 Å². The van der Waals surface area contributed by atoms with Gasteiger partial charge >= 0.3 is 5.97 Å². The summed E-state index contributed by atoms with van der Waals surface area (Å²) in [6, 6.07) is 9.33. The number of aromatic nitrogens is 3. The van der Waals surface area contributed by atoms with E-state index in [2.05, 4.69) is 88.0 Å². The van der Waals surface area contributed by atoms with Crippen molar-refractivity contribution in [3.63, 3.8) is 0 Å². The lowest BCUT2D eigenvalue weighted by molar-refractivity contribution is -0.137. The number of piperazine rings is 2. The van der Waals surface area contributed by atoms with E-state index in [0.29, 0.717) is 12.6 Å². The highest BCUT2D eigenvalue weighted by atomic mass is 16.5. The van der Waals surface area contributed by atoms with E-state index >= 15 is 0 Å². The smallest absolute Gasteiger partial charge is 0.304 e. The van der Waals surface area contributed by atoms with Gasteiger partial charge in [-0.1, -0.05) is 33.8 Å². The highest BCUT2D eigenvalue weighted by Gasteiger charge is 2.31. The highest BCUT2D eigenvalue weighted by Crippen LogP contribution is 2.35. The maximum atomic E-state index is 10.9. The van der Waals surface area contributed by atoms with Gasteiger partial charge in [-0.3, -0.25) is 24.5 Å². The zero-order valence-corrected chi connectivity index (χ0v) is 26.0. The standard InChI is InChI=1S/C32H49N7O3/c1-31(2,27-6-5-25(21-33-27)22-37-15-17-38(18-16-37)26-23-42-24-26)10-11-32(3,4)28-7-8-29(35-34-28)39-19-13-36(14-20-39)12-9-30(40)41/h5-8,21,26H,9-20,22-24H2,1-4H3,(H,40,41). The van der Waals surface area contributed by atoms with E-state index in [9.17, 15) is 4.79 Å². The lowest BCUT2D eigenvalue weighted by atomic mass is 9.75. The second-order valence-corrected chi connectivity index (χ2v) is 13.6. The first kappa shape index (κ1) is 30.8. The molecule has 5 rings (SSSR count). The Morgan fingerprint density at radius 2 is 1.50 bits per heavy atom. The maximum absolute atomic E-state index is 10.9. The molecule has 0 atom stereocenters. The number of pyridine rings is 1. The van der Waals surface area contributed by atoms with Gasteiger partial charge in [0.15, 0.2) is 5.82 Å². The van der Waals surface area contributed by atoms with Gasteiger partial charge in [-0.15, -0.1) is 5.10 Å². The molecule has 230 valence electrons. The summed E-state index contributed by atoms with van der Waals surface area (Å²) < 4.78 is 5.36. The molecule has 10 heteroatoms. The van der Waals surface area contributed by atoms with Crippen LogP contribution in [0.25, 0.3) is 0 Å². The number of anilines is 1. The molecule has 0 aromatic carbocycles. The summed E-state index contributed by atoms with van der Waals surface area (Å²) in [5.74, 6) is 0.154. The normalized spacial score (nSPS) is 20.0. The van der Waals surface area contributed by atoms with E-state index in [1.54, 1.807) is 0 Å². The molecule has 1 N–H and O–H groups in total. The zero-order chi connectivity index (χ0) is 29.7. The minimum absolute atomic E-state index is 0.0417. The number of carboxylic acid groups (broad SMARTS) is 1. The number of hydrogen-bond acceptors (Lipinski definition) is 9. The summed E-state index contributed by atoms with van der Waals surface area (Å²) in [4.78, 5) is 25.3. The molecule has 2 aromatic rings. The molecule has 0 amide bonds. The third-order valence-corrected chi connectivity index (χ3v) is 9.53. The number of carbonyl (C=O) groups is 1. The number of aliphatic carboxylic acids is 1. The summed E-state index contributed by atoms with van der Waals surface area (Å²) in [5.41, 5.74) is 3.29. The number of carboxylic acids is 1.